The van der Waals surface area contributed by atoms with Gasteiger partial charge in [-0.15, -0.1) is 0 Å². The van der Waals surface area contributed by atoms with Crippen LogP contribution in [0.25, 0.3) is 0 Å². The van der Waals surface area contributed by atoms with Gasteiger partial charge in [0.05, 0.1) is 10.1 Å². The Hall–Kier alpha value is -2.14. The molecule has 1 fully saturated rings. The maximum absolute atomic E-state index is 12.7. The maximum atomic E-state index is 12.7. The average Bonchev–Trinajstić information content (AvgIpc) is 3.11. The predicted octanol–water partition coefficient (Wildman–Crippen LogP) is 3.00. The minimum Gasteiger partial charge on any atom is -0.341 e. The average molecular weight is 357 g/mol. The molecule has 1 atom stereocenters. The van der Waals surface area contributed by atoms with Crippen molar-refractivity contribution in [2.75, 3.05) is 13.1 Å². The third-order valence-corrected chi connectivity index (χ3v) is 6.91. The van der Waals surface area contributed by atoms with Gasteiger partial charge in [0, 0.05) is 19.5 Å². The minimum absolute atomic E-state index is 0.0345. The smallest absolute Gasteiger partial charge is 0.222 e. The van der Waals surface area contributed by atoms with E-state index in [2.05, 4.69) is 6.07 Å². The van der Waals surface area contributed by atoms with Gasteiger partial charge in [0.25, 0.3) is 0 Å². The van der Waals surface area contributed by atoms with Crippen molar-refractivity contribution < 1.29 is 13.2 Å². The summed E-state index contributed by atoms with van der Waals surface area (Å²) in [5.74, 6) is 0.0345. The van der Waals surface area contributed by atoms with E-state index in [1.807, 2.05) is 25.1 Å². The summed E-state index contributed by atoms with van der Waals surface area (Å²) in [6.45, 7) is 2.85. The largest absolute Gasteiger partial charge is 0.341 e. The van der Waals surface area contributed by atoms with Crippen LogP contribution in [0.4, 0.5) is 0 Å². The molecule has 0 radical (unpaired) electrons. The molecule has 1 amide bonds. The molecule has 4 nitrogen and oxygen atoms in total. The van der Waals surface area contributed by atoms with Gasteiger partial charge in [-0.25, -0.2) is 8.42 Å². The molecular formula is C20H23NO3S. The number of amides is 1. The van der Waals surface area contributed by atoms with Crippen LogP contribution in [0.1, 0.15) is 24.0 Å². The lowest BCUT2D eigenvalue weighted by Gasteiger charge is -2.17. The first-order valence-electron chi connectivity index (χ1n) is 8.59. The summed E-state index contributed by atoms with van der Waals surface area (Å²) in [6.07, 6.45) is 1.61. The molecule has 0 spiro atoms. The SMILES string of the molecule is Cc1cccc(CCC(=O)N2CCC(S(=O)(=O)c3ccccc3)C2)c1. The van der Waals surface area contributed by atoms with Crippen LogP contribution in [-0.2, 0) is 21.1 Å². The van der Waals surface area contributed by atoms with Gasteiger partial charge < -0.3 is 4.90 Å². The predicted molar refractivity (Wildman–Crippen MR) is 98.1 cm³/mol. The zero-order chi connectivity index (χ0) is 17.9. The van der Waals surface area contributed by atoms with E-state index >= 15 is 0 Å². The van der Waals surface area contributed by atoms with E-state index in [1.165, 1.54) is 5.56 Å². The Kier molecular flexibility index (Phi) is 5.23. The van der Waals surface area contributed by atoms with Crippen LogP contribution in [-0.4, -0.2) is 37.6 Å². The highest BCUT2D eigenvalue weighted by Gasteiger charge is 2.35. The normalized spacial score (nSPS) is 17.6. The molecule has 1 heterocycles. The lowest BCUT2D eigenvalue weighted by molar-refractivity contribution is -0.130. The standard InChI is InChI=1S/C20H23NO3S/c1-16-6-5-7-17(14-16)10-11-20(22)21-13-12-19(15-21)25(23,24)18-8-3-2-4-9-18/h2-9,14,19H,10-13,15H2,1H3. The van der Waals surface area contributed by atoms with E-state index in [0.717, 1.165) is 5.56 Å². The van der Waals surface area contributed by atoms with Crippen LogP contribution in [0, 0.1) is 6.92 Å². The Morgan fingerprint density at radius 3 is 2.60 bits per heavy atom. The molecule has 0 bridgehead atoms. The van der Waals surface area contributed by atoms with Crippen LogP contribution in [0.5, 0.6) is 0 Å². The molecule has 132 valence electrons. The number of sulfone groups is 1. The molecule has 0 aromatic heterocycles. The van der Waals surface area contributed by atoms with Crippen molar-refractivity contribution in [1.82, 2.24) is 4.90 Å². The van der Waals surface area contributed by atoms with Gasteiger partial charge in [0.15, 0.2) is 9.84 Å². The Balaban J connectivity index is 1.60. The topological polar surface area (TPSA) is 54.5 Å². The second-order valence-electron chi connectivity index (χ2n) is 6.60. The van der Waals surface area contributed by atoms with E-state index in [9.17, 15) is 13.2 Å². The first-order valence-corrected chi connectivity index (χ1v) is 10.1. The number of likely N-dealkylation sites (tertiary alicyclic amines) is 1. The van der Waals surface area contributed by atoms with Crippen molar-refractivity contribution in [2.45, 2.75) is 36.3 Å². The molecule has 1 unspecified atom stereocenters. The number of benzene rings is 2. The molecule has 1 aliphatic heterocycles. The summed E-state index contributed by atoms with van der Waals surface area (Å²) >= 11 is 0. The van der Waals surface area contributed by atoms with Crippen molar-refractivity contribution in [3.8, 4) is 0 Å². The maximum Gasteiger partial charge on any atom is 0.222 e. The number of rotatable bonds is 5. The second kappa shape index (κ2) is 7.40. The van der Waals surface area contributed by atoms with Gasteiger partial charge in [-0.1, -0.05) is 48.0 Å². The number of nitrogens with zero attached hydrogens (tertiary/aromatic N) is 1. The molecule has 5 heteroatoms. The Morgan fingerprint density at radius 1 is 1.12 bits per heavy atom. The van der Waals surface area contributed by atoms with Crippen molar-refractivity contribution in [2.24, 2.45) is 0 Å². The molecule has 0 saturated carbocycles. The number of hydrogen-bond acceptors (Lipinski definition) is 3. The molecule has 25 heavy (non-hydrogen) atoms. The lowest BCUT2D eigenvalue weighted by Crippen LogP contribution is -2.32. The fraction of sp³-hybridized carbons (Fsp3) is 0.350. The molecule has 1 saturated heterocycles. The molecule has 2 aromatic rings. The second-order valence-corrected chi connectivity index (χ2v) is 8.83. The highest BCUT2D eigenvalue weighted by atomic mass is 32.2. The zero-order valence-electron chi connectivity index (χ0n) is 14.4. The van der Waals surface area contributed by atoms with Crippen LogP contribution < -0.4 is 0 Å². The molecule has 3 rings (SSSR count). The number of carbonyl (C=O) groups excluding carboxylic acids is 1. The van der Waals surface area contributed by atoms with Gasteiger partial charge in [-0.05, 0) is 37.5 Å². The van der Waals surface area contributed by atoms with E-state index in [0.29, 0.717) is 37.2 Å². The minimum atomic E-state index is -3.37. The molecule has 0 aliphatic carbocycles. The molecule has 1 aliphatic rings. The van der Waals surface area contributed by atoms with Crippen molar-refractivity contribution in [3.63, 3.8) is 0 Å². The summed E-state index contributed by atoms with van der Waals surface area (Å²) in [7, 11) is -3.37. The van der Waals surface area contributed by atoms with Crippen LogP contribution in [0.15, 0.2) is 59.5 Å². The summed E-state index contributed by atoms with van der Waals surface area (Å²) in [5.41, 5.74) is 2.32. The van der Waals surface area contributed by atoms with Crippen molar-refractivity contribution >= 4 is 15.7 Å². The zero-order valence-corrected chi connectivity index (χ0v) is 15.2. The Labute approximate surface area is 149 Å². The van der Waals surface area contributed by atoms with Crippen molar-refractivity contribution in [3.05, 3.63) is 65.7 Å². The van der Waals surface area contributed by atoms with Gasteiger partial charge >= 0.3 is 0 Å². The van der Waals surface area contributed by atoms with E-state index in [1.54, 1.807) is 35.2 Å². The first kappa shape index (κ1) is 17.7. The summed E-state index contributed by atoms with van der Waals surface area (Å²) in [6, 6.07) is 16.6. The first-order chi connectivity index (χ1) is 12.0. The summed E-state index contributed by atoms with van der Waals surface area (Å²) < 4.78 is 25.4. The number of carbonyl (C=O) groups is 1. The van der Waals surface area contributed by atoms with E-state index < -0.39 is 15.1 Å². The molecular weight excluding hydrogens is 334 g/mol. The monoisotopic (exact) mass is 357 g/mol. The lowest BCUT2D eigenvalue weighted by atomic mass is 10.1. The fourth-order valence-electron chi connectivity index (χ4n) is 3.29. The Bertz CT molecular complexity index is 846. The summed E-state index contributed by atoms with van der Waals surface area (Å²) in [4.78, 5) is 14.5. The van der Waals surface area contributed by atoms with Crippen LogP contribution in [0.2, 0.25) is 0 Å². The van der Waals surface area contributed by atoms with Gasteiger partial charge in [-0.2, -0.15) is 0 Å². The highest BCUT2D eigenvalue weighted by molar-refractivity contribution is 7.92. The van der Waals surface area contributed by atoms with Gasteiger partial charge in [-0.3, -0.25) is 4.79 Å². The quantitative estimate of drug-likeness (QED) is 0.827. The number of aryl methyl sites for hydroxylation is 2. The molecule has 0 N–H and O–H groups in total. The van der Waals surface area contributed by atoms with E-state index in [4.69, 9.17) is 0 Å². The van der Waals surface area contributed by atoms with Gasteiger partial charge in [0.1, 0.15) is 0 Å². The summed E-state index contributed by atoms with van der Waals surface area (Å²) in [5, 5.41) is -0.502. The highest BCUT2D eigenvalue weighted by Crippen LogP contribution is 2.24. The van der Waals surface area contributed by atoms with Crippen molar-refractivity contribution in [1.29, 1.82) is 0 Å². The third-order valence-electron chi connectivity index (χ3n) is 4.72. The van der Waals surface area contributed by atoms with Crippen LogP contribution in [0.3, 0.4) is 0 Å². The Morgan fingerprint density at radius 2 is 1.88 bits per heavy atom. The number of hydrogen-bond donors (Lipinski definition) is 0. The fourth-order valence-corrected chi connectivity index (χ4v) is 5.00. The molecule has 2 aromatic carbocycles. The van der Waals surface area contributed by atoms with E-state index in [-0.39, 0.29) is 5.91 Å². The van der Waals surface area contributed by atoms with Crippen LogP contribution >= 0.6 is 0 Å². The third kappa shape index (κ3) is 4.10. The van der Waals surface area contributed by atoms with Gasteiger partial charge in [0.2, 0.25) is 5.91 Å².